The molecule has 0 aliphatic rings. The molecule has 0 saturated heterocycles. The molecule has 0 atom stereocenters. The second-order valence-electron chi connectivity index (χ2n) is 3.81. The molecule has 1 heterocycles. The zero-order valence-corrected chi connectivity index (χ0v) is 9.43. The minimum atomic E-state index is -0.933. The van der Waals surface area contributed by atoms with Crippen LogP contribution in [-0.4, -0.2) is 4.98 Å². The number of halogens is 2. The monoisotopic (exact) mass is 237 g/mol. The van der Waals surface area contributed by atoms with E-state index in [0.717, 1.165) is 12.5 Å². The maximum atomic E-state index is 13.6. The number of nitrogens with zero attached hydrogens (tertiary/aromatic N) is 1. The van der Waals surface area contributed by atoms with Gasteiger partial charge in [0, 0.05) is 11.1 Å². The Labute approximate surface area is 97.6 Å². The molecule has 2 rings (SSSR count). The Morgan fingerprint density at radius 3 is 2.76 bits per heavy atom. The summed E-state index contributed by atoms with van der Waals surface area (Å²) in [6.45, 7) is 1.99. The van der Waals surface area contributed by atoms with E-state index in [0.29, 0.717) is 23.2 Å². The molecule has 3 nitrogen and oxygen atoms in total. The molecule has 0 spiro atoms. The highest BCUT2D eigenvalue weighted by atomic mass is 19.2. The van der Waals surface area contributed by atoms with Crippen molar-refractivity contribution in [3.8, 4) is 0 Å². The van der Waals surface area contributed by atoms with Crippen LogP contribution in [0.3, 0.4) is 0 Å². The summed E-state index contributed by atoms with van der Waals surface area (Å²) in [5, 5.41) is 0.478. The van der Waals surface area contributed by atoms with E-state index >= 15 is 0 Å². The van der Waals surface area contributed by atoms with Crippen LogP contribution in [-0.2, 0) is 6.42 Å². The standard InChI is InChI=1S/C12H13F2N3/c1-2-3-7-6-10(17-15)8-4-5-9(13)11(14)12(8)16-7/h4-6H,2-3,15H2,1H3,(H,16,17). The number of pyridine rings is 1. The van der Waals surface area contributed by atoms with Gasteiger partial charge in [0.2, 0.25) is 0 Å². The normalized spacial score (nSPS) is 10.8. The zero-order chi connectivity index (χ0) is 12.4. The first kappa shape index (κ1) is 11.7. The summed E-state index contributed by atoms with van der Waals surface area (Å²) in [6, 6.07) is 4.29. The fourth-order valence-corrected chi connectivity index (χ4v) is 1.79. The van der Waals surface area contributed by atoms with Gasteiger partial charge >= 0.3 is 0 Å². The predicted octanol–water partition coefficient (Wildman–Crippen LogP) is 2.75. The number of nitrogen functional groups attached to an aromatic ring is 1. The predicted molar refractivity (Wildman–Crippen MR) is 63.5 cm³/mol. The molecule has 0 amide bonds. The number of benzene rings is 1. The minimum absolute atomic E-state index is 0.0175. The van der Waals surface area contributed by atoms with Crippen molar-refractivity contribution < 1.29 is 8.78 Å². The third-order valence-corrected chi connectivity index (χ3v) is 2.59. The lowest BCUT2D eigenvalue weighted by Gasteiger charge is -2.09. The number of rotatable bonds is 3. The van der Waals surface area contributed by atoms with Gasteiger partial charge in [0.15, 0.2) is 11.6 Å². The van der Waals surface area contributed by atoms with Crippen molar-refractivity contribution in [1.29, 1.82) is 0 Å². The van der Waals surface area contributed by atoms with Crippen molar-refractivity contribution in [2.45, 2.75) is 19.8 Å². The number of hydrogen-bond acceptors (Lipinski definition) is 3. The molecular weight excluding hydrogens is 224 g/mol. The van der Waals surface area contributed by atoms with Crippen LogP contribution in [0.1, 0.15) is 19.0 Å². The van der Waals surface area contributed by atoms with Gasteiger partial charge in [0.1, 0.15) is 5.52 Å². The van der Waals surface area contributed by atoms with E-state index in [2.05, 4.69) is 10.4 Å². The van der Waals surface area contributed by atoms with Gasteiger partial charge in [-0.15, -0.1) is 0 Å². The lowest BCUT2D eigenvalue weighted by molar-refractivity contribution is 0.515. The van der Waals surface area contributed by atoms with Crippen molar-refractivity contribution in [3.63, 3.8) is 0 Å². The molecule has 5 heteroatoms. The van der Waals surface area contributed by atoms with Crippen molar-refractivity contribution in [2.24, 2.45) is 5.84 Å². The fraction of sp³-hybridized carbons (Fsp3) is 0.250. The Bertz CT molecular complexity index is 555. The summed E-state index contributed by atoms with van der Waals surface area (Å²) in [7, 11) is 0. The van der Waals surface area contributed by atoms with Crippen molar-refractivity contribution in [2.75, 3.05) is 5.43 Å². The molecule has 1 aromatic carbocycles. The van der Waals surface area contributed by atoms with Gasteiger partial charge in [-0.25, -0.2) is 13.8 Å². The van der Waals surface area contributed by atoms with E-state index in [4.69, 9.17) is 5.84 Å². The molecule has 17 heavy (non-hydrogen) atoms. The van der Waals surface area contributed by atoms with Crippen LogP contribution >= 0.6 is 0 Å². The van der Waals surface area contributed by atoms with Gasteiger partial charge < -0.3 is 5.43 Å². The second kappa shape index (κ2) is 4.63. The Balaban J connectivity index is 2.73. The quantitative estimate of drug-likeness (QED) is 0.637. The van der Waals surface area contributed by atoms with Crippen LogP contribution in [0.5, 0.6) is 0 Å². The van der Waals surface area contributed by atoms with E-state index in [9.17, 15) is 8.78 Å². The minimum Gasteiger partial charge on any atom is -0.323 e. The van der Waals surface area contributed by atoms with Gasteiger partial charge in [0.05, 0.1) is 5.69 Å². The number of hydrogen-bond donors (Lipinski definition) is 2. The first-order chi connectivity index (χ1) is 8.17. The molecule has 0 aliphatic heterocycles. The molecule has 2 aromatic rings. The van der Waals surface area contributed by atoms with Gasteiger partial charge in [-0.1, -0.05) is 13.3 Å². The average Bonchev–Trinajstić information content (AvgIpc) is 2.34. The van der Waals surface area contributed by atoms with E-state index in [1.165, 1.54) is 6.07 Å². The Morgan fingerprint density at radius 1 is 1.35 bits per heavy atom. The highest BCUT2D eigenvalue weighted by molar-refractivity contribution is 5.91. The summed E-state index contributed by atoms with van der Waals surface area (Å²) < 4.78 is 26.8. The highest BCUT2D eigenvalue weighted by Crippen LogP contribution is 2.26. The highest BCUT2D eigenvalue weighted by Gasteiger charge is 2.12. The number of hydrazine groups is 1. The summed E-state index contributed by atoms with van der Waals surface area (Å²) in [4.78, 5) is 4.12. The molecule has 0 saturated carbocycles. The molecule has 90 valence electrons. The topological polar surface area (TPSA) is 50.9 Å². The average molecular weight is 237 g/mol. The third kappa shape index (κ3) is 2.06. The number of anilines is 1. The van der Waals surface area contributed by atoms with Crippen LogP contribution in [0.15, 0.2) is 18.2 Å². The van der Waals surface area contributed by atoms with Crippen LogP contribution in [0.25, 0.3) is 10.9 Å². The lowest BCUT2D eigenvalue weighted by Crippen LogP contribution is -2.09. The summed E-state index contributed by atoms with van der Waals surface area (Å²) in [6.07, 6.45) is 1.57. The smallest absolute Gasteiger partial charge is 0.185 e. The Morgan fingerprint density at radius 2 is 2.12 bits per heavy atom. The molecule has 0 unspecified atom stereocenters. The number of aryl methyl sites for hydroxylation is 1. The SMILES string of the molecule is CCCc1cc(NN)c2ccc(F)c(F)c2n1. The third-order valence-electron chi connectivity index (χ3n) is 2.59. The second-order valence-corrected chi connectivity index (χ2v) is 3.81. The Hall–Kier alpha value is -1.75. The van der Waals surface area contributed by atoms with Crippen molar-refractivity contribution >= 4 is 16.6 Å². The summed E-state index contributed by atoms with van der Waals surface area (Å²) in [5.74, 6) is 3.54. The van der Waals surface area contributed by atoms with E-state index < -0.39 is 11.6 Å². The maximum Gasteiger partial charge on any atom is 0.185 e. The maximum absolute atomic E-state index is 13.6. The van der Waals surface area contributed by atoms with Gasteiger partial charge in [0.25, 0.3) is 0 Å². The van der Waals surface area contributed by atoms with Crippen LogP contribution < -0.4 is 11.3 Å². The van der Waals surface area contributed by atoms with Crippen molar-refractivity contribution in [1.82, 2.24) is 4.98 Å². The van der Waals surface area contributed by atoms with E-state index in [1.54, 1.807) is 6.07 Å². The molecule has 1 aromatic heterocycles. The molecule has 0 bridgehead atoms. The number of aromatic nitrogens is 1. The molecular formula is C12H13F2N3. The summed E-state index contributed by atoms with van der Waals surface area (Å²) in [5.41, 5.74) is 3.75. The van der Waals surface area contributed by atoms with E-state index in [1.807, 2.05) is 6.92 Å². The Kier molecular flexibility index (Phi) is 3.19. The fourth-order valence-electron chi connectivity index (χ4n) is 1.79. The number of nitrogens with one attached hydrogen (secondary N) is 1. The first-order valence-electron chi connectivity index (χ1n) is 5.41. The largest absolute Gasteiger partial charge is 0.323 e. The van der Waals surface area contributed by atoms with Crippen LogP contribution in [0.2, 0.25) is 0 Å². The summed E-state index contributed by atoms with van der Waals surface area (Å²) >= 11 is 0. The van der Waals surface area contributed by atoms with E-state index in [-0.39, 0.29) is 5.52 Å². The van der Waals surface area contributed by atoms with Crippen LogP contribution in [0.4, 0.5) is 14.5 Å². The van der Waals surface area contributed by atoms with Gasteiger partial charge in [-0.3, -0.25) is 5.84 Å². The van der Waals surface area contributed by atoms with Crippen molar-refractivity contribution in [3.05, 3.63) is 35.5 Å². The molecule has 0 aliphatic carbocycles. The van der Waals surface area contributed by atoms with Crippen LogP contribution in [0, 0.1) is 11.6 Å². The lowest BCUT2D eigenvalue weighted by atomic mass is 10.1. The molecule has 0 fully saturated rings. The zero-order valence-electron chi connectivity index (χ0n) is 9.43. The number of nitrogens with two attached hydrogens (primary N) is 1. The van der Waals surface area contributed by atoms with Gasteiger partial charge in [-0.05, 0) is 24.6 Å². The molecule has 3 N–H and O–H groups in total. The van der Waals surface area contributed by atoms with Gasteiger partial charge in [-0.2, -0.15) is 0 Å². The first-order valence-corrected chi connectivity index (χ1v) is 5.41. The molecule has 0 radical (unpaired) electrons. The number of fused-ring (bicyclic) bond motifs is 1.